The molecular weight excluding hydrogens is 470 g/mol. The van der Waals surface area contributed by atoms with E-state index in [1.807, 2.05) is 24.3 Å². The number of nitrogens with zero attached hydrogens (tertiary/aromatic N) is 1. The summed E-state index contributed by atoms with van der Waals surface area (Å²) in [4.78, 5) is 26.6. The first-order valence-electron chi connectivity index (χ1n) is 11.7. The smallest absolute Gasteiger partial charge is 0.341 e. The van der Waals surface area contributed by atoms with Crippen LogP contribution in [0.4, 0.5) is 5.69 Å². The lowest BCUT2D eigenvalue weighted by atomic mass is 9.94. The van der Waals surface area contributed by atoms with Crippen LogP contribution in [0.15, 0.2) is 48.5 Å². The van der Waals surface area contributed by atoms with E-state index in [2.05, 4.69) is 14.9 Å². The number of ether oxygens (including phenoxy) is 1. The SMILES string of the molecule is CS(=O)(=O)Nc1cccc(C2(C(=O)NC(Cc3cccc(OCC(=O)O)c3)N3CCCC3)CC2)c1. The normalized spacial score (nSPS) is 18.0. The van der Waals surface area contributed by atoms with E-state index in [0.29, 0.717) is 30.7 Å². The second kappa shape index (κ2) is 10.2. The molecule has 3 N–H and O–H groups in total. The van der Waals surface area contributed by atoms with Crippen LogP contribution in [0.3, 0.4) is 0 Å². The molecule has 1 aliphatic heterocycles. The Balaban J connectivity index is 1.50. The first-order valence-corrected chi connectivity index (χ1v) is 13.6. The molecule has 10 heteroatoms. The number of sulfonamides is 1. The van der Waals surface area contributed by atoms with Gasteiger partial charge in [-0.3, -0.25) is 14.4 Å². The molecule has 1 saturated heterocycles. The number of amides is 1. The molecule has 1 aliphatic carbocycles. The van der Waals surface area contributed by atoms with Crippen LogP contribution < -0.4 is 14.8 Å². The molecule has 1 heterocycles. The maximum atomic E-state index is 13.6. The fraction of sp³-hybridized carbons (Fsp3) is 0.440. The first kappa shape index (κ1) is 25.0. The average Bonchev–Trinajstić information content (AvgIpc) is 3.43. The molecule has 1 amide bonds. The Morgan fingerprint density at radius 1 is 1.11 bits per heavy atom. The molecule has 0 radical (unpaired) electrons. The van der Waals surface area contributed by atoms with Gasteiger partial charge in [-0.2, -0.15) is 0 Å². The lowest BCUT2D eigenvalue weighted by molar-refractivity contribution is -0.139. The maximum Gasteiger partial charge on any atom is 0.341 e. The van der Waals surface area contributed by atoms with Crippen molar-refractivity contribution < 1.29 is 27.9 Å². The zero-order valence-electron chi connectivity index (χ0n) is 19.7. The molecule has 188 valence electrons. The predicted molar refractivity (Wildman–Crippen MR) is 132 cm³/mol. The van der Waals surface area contributed by atoms with Crippen molar-refractivity contribution in [3.8, 4) is 5.75 Å². The van der Waals surface area contributed by atoms with Crippen LogP contribution in [-0.4, -0.2) is 62.4 Å². The van der Waals surface area contributed by atoms with Gasteiger partial charge < -0.3 is 15.2 Å². The number of nitrogens with one attached hydrogen (secondary N) is 2. The number of rotatable bonds is 11. The van der Waals surface area contributed by atoms with E-state index in [4.69, 9.17) is 9.84 Å². The van der Waals surface area contributed by atoms with Crippen molar-refractivity contribution in [3.63, 3.8) is 0 Å². The second-order valence-corrected chi connectivity index (χ2v) is 11.1. The summed E-state index contributed by atoms with van der Waals surface area (Å²) in [6.07, 6.45) is 4.98. The van der Waals surface area contributed by atoms with Crippen molar-refractivity contribution >= 4 is 27.6 Å². The van der Waals surface area contributed by atoms with Gasteiger partial charge in [-0.05, 0) is 61.1 Å². The van der Waals surface area contributed by atoms with E-state index >= 15 is 0 Å². The van der Waals surface area contributed by atoms with Crippen molar-refractivity contribution in [2.75, 3.05) is 30.7 Å². The lowest BCUT2D eigenvalue weighted by Gasteiger charge is -2.30. The summed E-state index contributed by atoms with van der Waals surface area (Å²) < 4.78 is 31.1. The Hall–Kier alpha value is -3.11. The van der Waals surface area contributed by atoms with Gasteiger partial charge in [0.2, 0.25) is 15.9 Å². The van der Waals surface area contributed by atoms with Gasteiger partial charge >= 0.3 is 5.97 Å². The maximum absolute atomic E-state index is 13.6. The highest BCUT2D eigenvalue weighted by molar-refractivity contribution is 7.92. The standard InChI is InChI=1S/C25H31N3O6S/c1-35(32,33)27-20-8-5-7-19(16-20)25(10-11-25)24(31)26-22(28-12-2-3-13-28)15-18-6-4-9-21(14-18)34-17-23(29)30/h4-9,14,16,22,27H,2-3,10-13,15,17H2,1H3,(H,26,31)(H,29,30). The molecule has 1 atom stereocenters. The Labute approximate surface area is 205 Å². The minimum atomic E-state index is -3.42. The lowest BCUT2D eigenvalue weighted by Crippen LogP contribution is -2.51. The number of anilines is 1. The monoisotopic (exact) mass is 501 g/mol. The molecular formula is C25H31N3O6S. The summed E-state index contributed by atoms with van der Waals surface area (Å²) >= 11 is 0. The zero-order valence-corrected chi connectivity index (χ0v) is 20.5. The number of likely N-dealkylation sites (tertiary alicyclic amines) is 1. The largest absolute Gasteiger partial charge is 0.482 e. The van der Waals surface area contributed by atoms with Gasteiger partial charge in [0.25, 0.3) is 0 Å². The number of carbonyl (C=O) groups is 2. The van der Waals surface area contributed by atoms with Gasteiger partial charge in [0.1, 0.15) is 5.75 Å². The van der Waals surface area contributed by atoms with E-state index in [9.17, 15) is 18.0 Å². The van der Waals surface area contributed by atoms with E-state index in [1.54, 1.807) is 24.3 Å². The molecule has 0 aromatic heterocycles. The Morgan fingerprint density at radius 3 is 2.49 bits per heavy atom. The highest BCUT2D eigenvalue weighted by Crippen LogP contribution is 2.49. The van der Waals surface area contributed by atoms with Gasteiger partial charge in [-0.15, -0.1) is 0 Å². The van der Waals surface area contributed by atoms with Crippen LogP contribution in [-0.2, 0) is 31.4 Å². The molecule has 35 heavy (non-hydrogen) atoms. The predicted octanol–water partition coefficient (Wildman–Crippen LogP) is 2.33. The number of hydrogen-bond acceptors (Lipinski definition) is 6. The third-order valence-corrected chi connectivity index (χ3v) is 7.08. The van der Waals surface area contributed by atoms with Crippen LogP contribution >= 0.6 is 0 Å². The number of benzene rings is 2. The van der Waals surface area contributed by atoms with Gasteiger partial charge in [-0.1, -0.05) is 24.3 Å². The summed E-state index contributed by atoms with van der Waals surface area (Å²) in [5, 5.41) is 12.1. The average molecular weight is 502 g/mol. The molecule has 2 fully saturated rings. The van der Waals surface area contributed by atoms with Crippen LogP contribution in [0, 0.1) is 0 Å². The van der Waals surface area contributed by atoms with Gasteiger partial charge in [0.05, 0.1) is 17.8 Å². The van der Waals surface area contributed by atoms with E-state index in [-0.39, 0.29) is 12.1 Å². The summed E-state index contributed by atoms with van der Waals surface area (Å²) in [5.74, 6) is -0.627. The van der Waals surface area contributed by atoms with Crippen LogP contribution in [0.5, 0.6) is 5.75 Å². The number of carbonyl (C=O) groups excluding carboxylic acids is 1. The van der Waals surface area contributed by atoms with Gasteiger partial charge in [-0.25, -0.2) is 13.2 Å². The molecule has 2 aromatic carbocycles. The van der Waals surface area contributed by atoms with Crippen molar-refractivity contribution in [3.05, 3.63) is 59.7 Å². The summed E-state index contributed by atoms with van der Waals surface area (Å²) in [6.45, 7) is 1.37. The van der Waals surface area contributed by atoms with E-state index < -0.39 is 28.0 Å². The number of hydrogen-bond donors (Lipinski definition) is 3. The topological polar surface area (TPSA) is 125 Å². The van der Waals surface area contributed by atoms with Crippen LogP contribution in [0.25, 0.3) is 0 Å². The molecule has 9 nitrogen and oxygen atoms in total. The zero-order chi connectivity index (χ0) is 25.1. The number of carboxylic acid groups (broad SMARTS) is 1. The molecule has 4 rings (SSSR count). The van der Waals surface area contributed by atoms with Crippen molar-refractivity contribution in [1.29, 1.82) is 0 Å². The van der Waals surface area contributed by atoms with Crippen LogP contribution in [0.1, 0.15) is 36.8 Å². The molecule has 1 unspecified atom stereocenters. The Morgan fingerprint density at radius 2 is 1.83 bits per heavy atom. The third kappa shape index (κ3) is 6.52. The molecule has 2 aromatic rings. The Kier molecular flexibility index (Phi) is 7.32. The summed E-state index contributed by atoms with van der Waals surface area (Å²) in [6, 6.07) is 14.3. The molecule has 0 spiro atoms. The molecule has 1 saturated carbocycles. The van der Waals surface area contributed by atoms with Gasteiger partial charge in [0, 0.05) is 25.2 Å². The van der Waals surface area contributed by atoms with Crippen molar-refractivity contribution in [2.24, 2.45) is 0 Å². The molecule has 2 aliphatic rings. The van der Waals surface area contributed by atoms with Crippen LogP contribution in [0.2, 0.25) is 0 Å². The summed E-state index contributed by atoms with van der Waals surface area (Å²) in [5.41, 5.74) is 1.51. The summed E-state index contributed by atoms with van der Waals surface area (Å²) in [7, 11) is -3.42. The Bertz CT molecular complexity index is 1190. The fourth-order valence-electron chi connectivity index (χ4n) is 4.61. The number of carboxylic acids is 1. The molecule has 0 bridgehead atoms. The van der Waals surface area contributed by atoms with E-state index in [1.165, 1.54) is 0 Å². The van der Waals surface area contributed by atoms with Crippen molar-refractivity contribution in [1.82, 2.24) is 10.2 Å². The second-order valence-electron chi connectivity index (χ2n) is 9.30. The first-order chi connectivity index (χ1) is 16.6. The van der Waals surface area contributed by atoms with E-state index in [0.717, 1.165) is 43.3 Å². The highest BCUT2D eigenvalue weighted by atomic mass is 32.2. The minimum absolute atomic E-state index is 0.0656. The third-order valence-electron chi connectivity index (χ3n) is 6.47. The number of aliphatic carboxylic acids is 1. The van der Waals surface area contributed by atoms with Gasteiger partial charge in [0.15, 0.2) is 6.61 Å². The highest BCUT2D eigenvalue weighted by Gasteiger charge is 2.52. The minimum Gasteiger partial charge on any atom is -0.482 e. The fourth-order valence-corrected chi connectivity index (χ4v) is 5.17. The van der Waals surface area contributed by atoms with Crippen molar-refractivity contribution in [2.45, 2.75) is 43.7 Å². The quantitative estimate of drug-likeness (QED) is 0.432.